The van der Waals surface area contributed by atoms with Gasteiger partial charge in [-0.2, -0.15) is 10.4 Å². The molecular weight excluding hydrogens is 380 g/mol. The number of halogens is 2. The Morgan fingerprint density at radius 2 is 1.83 bits per heavy atom. The number of nitrogens with one attached hydrogen (secondary N) is 2. The third-order valence-corrected chi connectivity index (χ3v) is 4.77. The first-order valence-corrected chi connectivity index (χ1v) is 8.58. The van der Waals surface area contributed by atoms with Gasteiger partial charge < -0.3 is 0 Å². The molecule has 2 aromatic carbocycles. The predicted octanol–water partition coefficient (Wildman–Crippen LogP) is 2.84. The first-order chi connectivity index (χ1) is 13.9. The van der Waals surface area contributed by atoms with Crippen LogP contribution in [0, 0.1) is 23.0 Å². The van der Waals surface area contributed by atoms with Crippen LogP contribution in [0.3, 0.4) is 0 Å². The summed E-state index contributed by atoms with van der Waals surface area (Å²) < 4.78 is 28.7. The monoisotopic (exact) mass is 393 g/mol. The van der Waals surface area contributed by atoms with E-state index in [2.05, 4.69) is 15.2 Å². The lowest BCUT2D eigenvalue weighted by molar-refractivity contribution is 0.589. The SMILES string of the molecule is C[C@@H](c1ccc(F)cc1)n1cc(-c2cc(F)cc3c(C#N)n[nH]c23)c(=O)[nH]c1=O. The van der Waals surface area contributed by atoms with Crippen molar-refractivity contribution in [3.63, 3.8) is 0 Å². The van der Waals surface area contributed by atoms with Crippen LogP contribution in [0.4, 0.5) is 8.78 Å². The van der Waals surface area contributed by atoms with Crippen LogP contribution in [0.25, 0.3) is 22.0 Å². The molecule has 0 aliphatic carbocycles. The highest BCUT2D eigenvalue weighted by Gasteiger charge is 2.18. The molecule has 144 valence electrons. The van der Waals surface area contributed by atoms with E-state index in [9.17, 15) is 18.4 Å². The molecule has 0 radical (unpaired) electrons. The van der Waals surface area contributed by atoms with Gasteiger partial charge in [0.1, 0.15) is 17.7 Å². The molecule has 2 aromatic heterocycles. The van der Waals surface area contributed by atoms with Gasteiger partial charge in [-0.25, -0.2) is 13.6 Å². The van der Waals surface area contributed by atoms with Crippen molar-refractivity contribution in [3.05, 3.63) is 86.3 Å². The summed E-state index contributed by atoms with van der Waals surface area (Å²) >= 11 is 0. The van der Waals surface area contributed by atoms with Crippen molar-refractivity contribution in [2.45, 2.75) is 13.0 Å². The van der Waals surface area contributed by atoms with E-state index in [1.165, 1.54) is 35.0 Å². The average molecular weight is 393 g/mol. The molecule has 0 saturated heterocycles. The fourth-order valence-corrected chi connectivity index (χ4v) is 3.25. The van der Waals surface area contributed by atoms with E-state index in [0.29, 0.717) is 11.1 Å². The van der Waals surface area contributed by atoms with Crippen LogP contribution in [0.1, 0.15) is 24.2 Å². The second-order valence-corrected chi connectivity index (χ2v) is 6.50. The Balaban J connectivity index is 1.94. The molecule has 2 N–H and O–H groups in total. The summed E-state index contributed by atoms with van der Waals surface area (Å²) in [6.45, 7) is 1.71. The first kappa shape index (κ1) is 18.3. The van der Waals surface area contributed by atoms with Gasteiger partial charge in [-0.3, -0.25) is 19.4 Å². The van der Waals surface area contributed by atoms with Crippen molar-refractivity contribution in [1.82, 2.24) is 19.7 Å². The van der Waals surface area contributed by atoms with Crippen molar-refractivity contribution in [2.75, 3.05) is 0 Å². The topological polar surface area (TPSA) is 107 Å². The zero-order valence-corrected chi connectivity index (χ0v) is 15.0. The predicted molar refractivity (Wildman–Crippen MR) is 101 cm³/mol. The summed E-state index contributed by atoms with van der Waals surface area (Å²) in [5.74, 6) is -1.07. The standard InChI is InChI=1S/C20H13F2N5O2/c1-10(11-2-4-12(21)5-3-11)27-9-16(19(28)24-20(27)29)14-6-13(22)7-15-17(8-23)25-26-18(14)15/h2-7,9-10H,1H3,(H,25,26)(H,24,28,29)/t10-/m0/s1. The molecule has 1 atom stereocenters. The number of hydrogen-bond acceptors (Lipinski definition) is 4. The fourth-order valence-electron chi connectivity index (χ4n) is 3.25. The van der Waals surface area contributed by atoms with Crippen LogP contribution in [-0.2, 0) is 0 Å². The van der Waals surface area contributed by atoms with Crippen LogP contribution >= 0.6 is 0 Å². The summed E-state index contributed by atoms with van der Waals surface area (Å²) in [6, 6.07) is 9.21. The minimum atomic E-state index is -0.711. The first-order valence-electron chi connectivity index (χ1n) is 8.58. The van der Waals surface area contributed by atoms with Crippen molar-refractivity contribution < 1.29 is 8.78 Å². The second kappa shape index (κ2) is 6.83. The highest BCUT2D eigenvalue weighted by atomic mass is 19.1. The summed E-state index contributed by atoms with van der Waals surface area (Å²) in [6.07, 6.45) is 1.32. The highest BCUT2D eigenvalue weighted by Crippen LogP contribution is 2.28. The maximum atomic E-state index is 14.2. The Bertz CT molecular complexity index is 1390. The van der Waals surface area contributed by atoms with Gasteiger partial charge >= 0.3 is 5.69 Å². The lowest BCUT2D eigenvalue weighted by atomic mass is 10.0. The molecule has 9 heteroatoms. The van der Waals surface area contributed by atoms with E-state index < -0.39 is 28.9 Å². The maximum absolute atomic E-state index is 14.2. The van der Waals surface area contributed by atoms with Crippen molar-refractivity contribution >= 4 is 10.9 Å². The zero-order chi connectivity index (χ0) is 20.7. The molecule has 0 fully saturated rings. The van der Waals surface area contributed by atoms with E-state index in [4.69, 9.17) is 5.26 Å². The van der Waals surface area contributed by atoms with Crippen molar-refractivity contribution in [2.24, 2.45) is 0 Å². The van der Waals surface area contributed by atoms with Gasteiger partial charge in [0.15, 0.2) is 5.69 Å². The number of benzene rings is 2. The molecule has 0 bridgehead atoms. The third kappa shape index (κ3) is 3.10. The van der Waals surface area contributed by atoms with E-state index in [-0.39, 0.29) is 22.2 Å². The molecule has 0 saturated carbocycles. The van der Waals surface area contributed by atoms with Crippen LogP contribution in [0.5, 0.6) is 0 Å². The number of H-pyrrole nitrogens is 2. The van der Waals surface area contributed by atoms with Gasteiger partial charge in [0, 0.05) is 17.1 Å². The molecule has 0 amide bonds. The summed E-state index contributed by atoms with van der Waals surface area (Å²) in [4.78, 5) is 27.1. The summed E-state index contributed by atoms with van der Waals surface area (Å²) in [5.41, 5.74) is -0.253. The molecule has 29 heavy (non-hydrogen) atoms. The number of nitriles is 1. The van der Waals surface area contributed by atoms with E-state index in [1.807, 2.05) is 6.07 Å². The second-order valence-electron chi connectivity index (χ2n) is 6.50. The van der Waals surface area contributed by atoms with Gasteiger partial charge in [0.05, 0.1) is 17.1 Å². The number of nitrogens with zero attached hydrogens (tertiary/aromatic N) is 3. The average Bonchev–Trinajstić information content (AvgIpc) is 3.10. The van der Waals surface area contributed by atoms with Crippen molar-refractivity contribution in [3.8, 4) is 17.2 Å². The van der Waals surface area contributed by atoms with Crippen LogP contribution in [0.2, 0.25) is 0 Å². The zero-order valence-electron chi connectivity index (χ0n) is 15.0. The molecule has 4 rings (SSSR count). The quantitative estimate of drug-likeness (QED) is 0.558. The number of hydrogen-bond donors (Lipinski definition) is 2. The van der Waals surface area contributed by atoms with E-state index in [1.54, 1.807) is 6.92 Å². The maximum Gasteiger partial charge on any atom is 0.328 e. The lowest BCUT2D eigenvalue weighted by Crippen LogP contribution is -2.32. The van der Waals surface area contributed by atoms with Crippen LogP contribution < -0.4 is 11.2 Å². The Morgan fingerprint density at radius 3 is 2.52 bits per heavy atom. The van der Waals surface area contributed by atoms with Crippen LogP contribution in [-0.4, -0.2) is 19.7 Å². The molecular formula is C20H13F2N5O2. The van der Waals surface area contributed by atoms with E-state index >= 15 is 0 Å². The Morgan fingerprint density at radius 1 is 1.10 bits per heavy atom. The van der Waals surface area contributed by atoms with Gasteiger partial charge in [0.2, 0.25) is 0 Å². The summed E-state index contributed by atoms with van der Waals surface area (Å²) in [7, 11) is 0. The molecule has 4 aromatic rings. The minimum absolute atomic E-state index is 0.00909. The Labute approximate surface area is 161 Å². The fraction of sp³-hybridized carbons (Fsp3) is 0.100. The smallest absolute Gasteiger partial charge is 0.293 e. The Hall–Kier alpha value is -4.06. The molecule has 0 unspecified atom stereocenters. The number of fused-ring (bicyclic) bond motifs is 1. The van der Waals surface area contributed by atoms with Gasteiger partial charge in [0.25, 0.3) is 5.56 Å². The molecule has 2 heterocycles. The number of aromatic amines is 2. The highest BCUT2D eigenvalue weighted by molar-refractivity contribution is 5.95. The van der Waals surface area contributed by atoms with Gasteiger partial charge in [-0.15, -0.1) is 0 Å². The lowest BCUT2D eigenvalue weighted by Gasteiger charge is -2.16. The Kier molecular flexibility index (Phi) is 4.31. The molecule has 0 aliphatic rings. The molecule has 7 nitrogen and oxygen atoms in total. The van der Waals surface area contributed by atoms with Crippen LogP contribution in [0.15, 0.2) is 52.2 Å². The number of rotatable bonds is 3. The van der Waals surface area contributed by atoms with Crippen molar-refractivity contribution in [1.29, 1.82) is 5.26 Å². The largest absolute Gasteiger partial charge is 0.328 e. The number of aromatic nitrogens is 4. The third-order valence-electron chi connectivity index (χ3n) is 4.77. The van der Waals surface area contributed by atoms with Gasteiger partial charge in [-0.1, -0.05) is 12.1 Å². The van der Waals surface area contributed by atoms with Gasteiger partial charge in [-0.05, 0) is 36.8 Å². The summed E-state index contributed by atoms with van der Waals surface area (Å²) in [5, 5.41) is 15.8. The normalized spacial score (nSPS) is 12.1. The van der Waals surface area contributed by atoms with E-state index in [0.717, 1.165) is 12.1 Å². The minimum Gasteiger partial charge on any atom is -0.293 e. The molecule has 0 spiro atoms. The molecule has 0 aliphatic heterocycles.